The van der Waals surface area contributed by atoms with Gasteiger partial charge in [0.15, 0.2) is 0 Å². The topological polar surface area (TPSA) is 51.1 Å². The number of aromatic nitrogens is 1. The molecule has 110 valence electrons. The first-order valence-electron chi connectivity index (χ1n) is 6.61. The number of amides is 1. The molecule has 1 aromatic heterocycles. The van der Waals surface area contributed by atoms with Gasteiger partial charge in [-0.3, -0.25) is 9.59 Å². The number of nitrogens with zero attached hydrogens (tertiary/aromatic N) is 1. The maximum Gasteiger partial charge on any atom is 0.253 e. The number of pyridine rings is 1. The molecular formula is C16H17BrN2O2. The van der Waals surface area contributed by atoms with Crippen LogP contribution < -0.4 is 10.9 Å². The molecule has 0 unspecified atom stereocenters. The van der Waals surface area contributed by atoms with Crippen molar-refractivity contribution in [1.82, 2.24) is 4.57 Å². The summed E-state index contributed by atoms with van der Waals surface area (Å²) in [5.74, 6) is -0.216. The molecule has 0 atom stereocenters. The van der Waals surface area contributed by atoms with Crippen molar-refractivity contribution in [2.45, 2.75) is 27.3 Å². The van der Waals surface area contributed by atoms with Crippen LogP contribution in [0, 0.1) is 20.8 Å². The molecule has 1 N–H and O–H groups in total. The van der Waals surface area contributed by atoms with Crippen LogP contribution in [0.15, 0.2) is 39.7 Å². The number of carbonyl (C=O) groups is 1. The zero-order valence-corrected chi connectivity index (χ0v) is 13.8. The molecule has 1 aromatic carbocycles. The largest absolute Gasteiger partial charge is 0.324 e. The Balaban J connectivity index is 2.22. The van der Waals surface area contributed by atoms with Crippen molar-refractivity contribution in [2.75, 3.05) is 5.32 Å². The van der Waals surface area contributed by atoms with Crippen LogP contribution in [0.4, 0.5) is 5.69 Å². The molecule has 21 heavy (non-hydrogen) atoms. The molecule has 1 amide bonds. The third-order valence-corrected chi connectivity index (χ3v) is 3.72. The third kappa shape index (κ3) is 3.61. The number of nitrogens with one attached hydrogen (secondary N) is 1. The Hall–Kier alpha value is -1.88. The third-order valence-electron chi connectivity index (χ3n) is 3.29. The maximum atomic E-state index is 12.2. The van der Waals surface area contributed by atoms with Gasteiger partial charge in [0.1, 0.15) is 6.54 Å². The van der Waals surface area contributed by atoms with E-state index in [1.807, 2.05) is 32.0 Å². The van der Waals surface area contributed by atoms with E-state index in [1.165, 1.54) is 4.57 Å². The van der Waals surface area contributed by atoms with Crippen molar-refractivity contribution in [3.05, 3.63) is 62.0 Å². The monoisotopic (exact) mass is 348 g/mol. The average Bonchev–Trinajstić information content (AvgIpc) is 2.40. The minimum Gasteiger partial charge on any atom is -0.324 e. The molecule has 0 bridgehead atoms. The van der Waals surface area contributed by atoms with Gasteiger partial charge >= 0.3 is 0 Å². The van der Waals surface area contributed by atoms with Gasteiger partial charge < -0.3 is 9.88 Å². The molecular weight excluding hydrogens is 332 g/mol. The number of aryl methyl sites for hydroxylation is 3. The highest BCUT2D eigenvalue weighted by Gasteiger charge is 2.10. The molecule has 5 heteroatoms. The summed E-state index contributed by atoms with van der Waals surface area (Å²) in [6.07, 6.45) is 1.62. The minimum absolute atomic E-state index is 0.00706. The summed E-state index contributed by atoms with van der Waals surface area (Å²) in [6, 6.07) is 7.57. The van der Waals surface area contributed by atoms with Crippen molar-refractivity contribution < 1.29 is 4.79 Å². The molecule has 0 radical (unpaired) electrons. The van der Waals surface area contributed by atoms with E-state index in [2.05, 4.69) is 21.2 Å². The van der Waals surface area contributed by atoms with Crippen molar-refractivity contribution in [1.29, 1.82) is 0 Å². The van der Waals surface area contributed by atoms with Gasteiger partial charge in [0.2, 0.25) is 5.91 Å². The van der Waals surface area contributed by atoms with Gasteiger partial charge in [-0.1, -0.05) is 18.2 Å². The quantitative estimate of drug-likeness (QED) is 0.925. The number of hydrogen-bond acceptors (Lipinski definition) is 2. The molecule has 0 saturated heterocycles. The highest BCUT2D eigenvalue weighted by molar-refractivity contribution is 9.10. The summed E-state index contributed by atoms with van der Waals surface area (Å²) < 4.78 is 2.18. The van der Waals surface area contributed by atoms with Crippen LogP contribution in [0.1, 0.15) is 16.7 Å². The highest BCUT2D eigenvalue weighted by atomic mass is 79.9. The predicted molar refractivity (Wildman–Crippen MR) is 87.7 cm³/mol. The molecule has 4 nitrogen and oxygen atoms in total. The van der Waals surface area contributed by atoms with E-state index in [0.29, 0.717) is 5.56 Å². The van der Waals surface area contributed by atoms with E-state index in [0.717, 1.165) is 21.3 Å². The van der Waals surface area contributed by atoms with Crippen LogP contribution in [0.5, 0.6) is 0 Å². The van der Waals surface area contributed by atoms with Crippen LogP contribution in [0.25, 0.3) is 0 Å². The Morgan fingerprint density at radius 2 is 1.81 bits per heavy atom. The van der Waals surface area contributed by atoms with Crippen LogP contribution >= 0.6 is 15.9 Å². The standard InChI is InChI=1S/C16H17BrN2O2/c1-10-5-4-6-11(2)15(10)18-14(20)9-19-8-13(17)7-12(3)16(19)21/h4-8H,9H2,1-3H3,(H,18,20). The lowest BCUT2D eigenvalue weighted by Crippen LogP contribution is -2.28. The van der Waals surface area contributed by atoms with Gasteiger partial charge in [-0.15, -0.1) is 0 Å². The van der Waals surface area contributed by atoms with Crippen molar-refractivity contribution in [3.8, 4) is 0 Å². The summed E-state index contributed by atoms with van der Waals surface area (Å²) in [7, 11) is 0. The van der Waals surface area contributed by atoms with Crippen molar-refractivity contribution in [3.63, 3.8) is 0 Å². The zero-order valence-electron chi connectivity index (χ0n) is 12.2. The smallest absolute Gasteiger partial charge is 0.253 e. The molecule has 1 heterocycles. The number of benzene rings is 1. The zero-order chi connectivity index (χ0) is 15.6. The number of hydrogen-bond donors (Lipinski definition) is 1. The van der Waals surface area contributed by atoms with Gasteiger partial charge in [-0.05, 0) is 53.9 Å². The van der Waals surface area contributed by atoms with Gasteiger partial charge in [0.05, 0.1) is 0 Å². The molecule has 0 aliphatic heterocycles. The molecule has 0 aliphatic rings. The summed E-state index contributed by atoms with van der Waals surface area (Å²) >= 11 is 3.34. The Kier molecular flexibility index (Phi) is 4.63. The van der Waals surface area contributed by atoms with Gasteiger partial charge in [0.25, 0.3) is 5.56 Å². The molecule has 0 saturated carbocycles. The normalized spacial score (nSPS) is 10.5. The number of halogens is 1. The number of para-hydroxylation sites is 1. The van der Waals surface area contributed by atoms with Gasteiger partial charge in [-0.2, -0.15) is 0 Å². The maximum absolute atomic E-state index is 12.2. The van der Waals surface area contributed by atoms with E-state index >= 15 is 0 Å². The second-order valence-corrected chi connectivity index (χ2v) is 6.01. The van der Waals surface area contributed by atoms with Crippen LogP contribution in [0.3, 0.4) is 0 Å². The lowest BCUT2D eigenvalue weighted by atomic mass is 10.1. The SMILES string of the molecule is Cc1cccc(C)c1NC(=O)Cn1cc(Br)cc(C)c1=O. The first-order valence-corrected chi connectivity index (χ1v) is 7.40. The predicted octanol–water partition coefficient (Wildman–Crippen LogP) is 3.17. The van der Waals surface area contributed by atoms with Crippen molar-refractivity contribution in [2.24, 2.45) is 0 Å². The Morgan fingerprint density at radius 3 is 2.43 bits per heavy atom. The molecule has 0 spiro atoms. The van der Waals surface area contributed by atoms with Crippen LogP contribution in [0.2, 0.25) is 0 Å². The molecule has 2 aromatic rings. The van der Waals surface area contributed by atoms with E-state index in [1.54, 1.807) is 19.2 Å². The van der Waals surface area contributed by atoms with Gasteiger partial charge in [-0.25, -0.2) is 0 Å². The van der Waals surface area contributed by atoms with Crippen LogP contribution in [-0.4, -0.2) is 10.5 Å². The fraction of sp³-hybridized carbons (Fsp3) is 0.250. The Bertz CT molecular complexity index is 730. The fourth-order valence-electron chi connectivity index (χ4n) is 2.20. The Morgan fingerprint density at radius 1 is 1.19 bits per heavy atom. The average molecular weight is 349 g/mol. The van der Waals surface area contributed by atoms with E-state index < -0.39 is 0 Å². The molecule has 0 fully saturated rings. The summed E-state index contributed by atoms with van der Waals surface area (Å²) in [5.41, 5.74) is 3.25. The first-order chi connectivity index (χ1) is 9.88. The van der Waals surface area contributed by atoms with Crippen LogP contribution in [-0.2, 0) is 11.3 Å². The molecule has 0 aliphatic carbocycles. The van der Waals surface area contributed by atoms with E-state index in [9.17, 15) is 9.59 Å². The number of carbonyl (C=O) groups excluding carboxylic acids is 1. The lowest BCUT2D eigenvalue weighted by molar-refractivity contribution is -0.116. The van der Waals surface area contributed by atoms with E-state index in [-0.39, 0.29) is 18.0 Å². The fourth-order valence-corrected chi connectivity index (χ4v) is 2.79. The minimum atomic E-state index is -0.216. The lowest BCUT2D eigenvalue weighted by Gasteiger charge is -2.12. The summed E-state index contributed by atoms with van der Waals surface area (Å²) in [5, 5.41) is 2.88. The number of rotatable bonds is 3. The molecule has 2 rings (SSSR count). The van der Waals surface area contributed by atoms with E-state index in [4.69, 9.17) is 0 Å². The first kappa shape index (κ1) is 15.5. The summed E-state index contributed by atoms with van der Waals surface area (Å²) in [6.45, 7) is 5.61. The second-order valence-electron chi connectivity index (χ2n) is 5.09. The second kappa shape index (κ2) is 6.26. The highest BCUT2D eigenvalue weighted by Crippen LogP contribution is 2.19. The summed E-state index contributed by atoms with van der Waals surface area (Å²) in [4.78, 5) is 24.2. The van der Waals surface area contributed by atoms with Crippen molar-refractivity contribution >= 4 is 27.5 Å². The Labute approximate surface area is 131 Å². The van der Waals surface area contributed by atoms with Gasteiger partial charge in [0, 0.05) is 21.9 Å². The number of anilines is 1.